The van der Waals surface area contributed by atoms with Crippen LogP contribution in [0.5, 0.6) is 0 Å². The molecule has 0 saturated carbocycles. The molecule has 0 aromatic heterocycles. The van der Waals surface area contributed by atoms with E-state index in [1.54, 1.807) is 0 Å². The summed E-state index contributed by atoms with van der Waals surface area (Å²) in [5, 5.41) is 2.88. The summed E-state index contributed by atoms with van der Waals surface area (Å²) in [7, 11) is 0. The maximum absolute atomic E-state index is 12.3. The Morgan fingerprint density at radius 1 is 1.03 bits per heavy atom. The Kier molecular flexibility index (Phi) is 10.4. The zero-order valence-electron chi connectivity index (χ0n) is 21.7. The third-order valence-corrected chi connectivity index (χ3v) is 5.41. The monoisotopic (exact) mass is 460 g/mol. The molecule has 0 fully saturated rings. The van der Waals surface area contributed by atoms with E-state index in [0.29, 0.717) is 13.2 Å². The van der Waals surface area contributed by atoms with Crippen molar-refractivity contribution in [2.45, 2.75) is 60.0 Å². The number of likely N-dealkylation sites (N-methyl/N-ethyl adjacent to an activating group) is 1. The Balaban J connectivity index is 1.83. The molecule has 0 aliphatic rings. The van der Waals surface area contributed by atoms with Crippen molar-refractivity contribution in [1.29, 1.82) is 0 Å². The molecule has 2 aromatic carbocycles. The summed E-state index contributed by atoms with van der Waals surface area (Å²) >= 11 is 0. The van der Waals surface area contributed by atoms with Crippen molar-refractivity contribution in [3.05, 3.63) is 83.4 Å². The molecule has 182 valence electrons. The van der Waals surface area contributed by atoms with Crippen molar-refractivity contribution in [3.63, 3.8) is 0 Å². The maximum atomic E-state index is 12.3. The average molecular weight is 461 g/mol. The quantitative estimate of drug-likeness (QED) is 0.422. The normalized spacial score (nSPS) is 11.9. The van der Waals surface area contributed by atoms with Gasteiger partial charge in [0.2, 0.25) is 0 Å². The van der Waals surface area contributed by atoms with E-state index in [4.69, 9.17) is 4.74 Å². The molecule has 34 heavy (non-hydrogen) atoms. The molecule has 4 heteroatoms. The second-order valence-electron chi connectivity index (χ2n) is 10.2. The number of hydrogen-bond acceptors (Lipinski definition) is 3. The van der Waals surface area contributed by atoms with Crippen molar-refractivity contribution >= 4 is 6.09 Å². The predicted octanol–water partition coefficient (Wildman–Crippen LogP) is 6.32. The van der Waals surface area contributed by atoms with Crippen molar-refractivity contribution < 1.29 is 9.53 Å². The van der Waals surface area contributed by atoms with Gasteiger partial charge in [0.1, 0.15) is 6.61 Å². The van der Waals surface area contributed by atoms with Gasteiger partial charge in [0.05, 0.1) is 0 Å². The molecule has 2 aromatic rings. The Labute approximate surface area is 206 Å². The lowest BCUT2D eigenvalue weighted by Crippen LogP contribution is -2.31. The predicted molar refractivity (Wildman–Crippen MR) is 141 cm³/mol. The molecule has 0 heterocycles. The Morgan fingerprint density at radius 2 is 1.74 bits per heavy atom. The Hall–Kier alpha value is -3.03. The van der Waals surface area contributed by atoms with Gasteiger partial charge in [-0.1, -0.05) is 93.3 Å². The highest BCUT2D eigenvalue weighted by molar-refractivity contribution is 5.67. The van der Waals surface area contributed by atoms with Gasteiger partial charge in [0, 0.05) is 30.5 Å². The second-order valence-corrected chi connectivity index (χ2v) is 10.2. The van der Waals surface area contributed by atoms with Crippen LogP contribution in [-0.2, 0) is 23.2 Å². The van der Waals surface area contributed by atoms with Crippen molar-refractivity contribution in [2.24, 2.45) is 5.41 Å². The number of nitrogens with zero attached hydrogens (tertiary/aromatic N) is 1. The molecule has 1 N–H and O–H groups in total. The fourth-order valence-corrected chi connectivity index (χ4v) is 3.36. The number of carbonyl (C=O) groups is 1. The van der Waals surface area contributed by atoms with Gasteiger partial charge in [-0.3, -0.25) is 4.90 Å². The smallest absolute Gasteiger partial charge is 0.407 e. The van der Waals surface area contributed by atoms with Crippen LogP contribution < -0.4 is 5.32 Å². The number of rotatable bonds is 10. The molecule has 4 nitrogen and oxygen atoms in total. The van der Waals surface area contributed by atoms with Gasteiger partial charge >= 0.3 is 6.09 Å². The lowest BCUT2D eigenvalue weighted by molar-refractivity contribution is 0.123. The zero-order chi connectivity index (χ0) is 25.0. The number of carbonyl (C=O) groups excluding carboxylic acids is 1. The van der Waals surface area contributed by atoms with E-state index in [0.717, 1.165) is 30.8 Å². The molecule has 0 atom stereocenters. The molecule has 0 spiro atoms. The first kappa shape index (κ1) is 27.2. The van der Waals surface area contributed by atoms with E-state index in [1.807, 2.05) is 36.4 Å². The number of nitrogens with one attached hydrogen (secondary N) is 1. The van der Waals surface area contributed by atoms with E-state index in [-0.39, 0.29) is 10.8 Å². The number of amides is 1. The van der Waals surface area contributed by atoms with Crippen LogP contribution in [0.2, 0.25) is 0 Å². The molecule has 0 aliphatic heterocycles. The summed E-state index contributed by atoms with van der Waals surface area (Å²) < 4.78 is 5.50. The van der Waals surface area contributed by atoms with Gasteiger partial charge in [0.25, 0.3) is 0 Å². The molecule has 0 saturated heterocycles. The molecular formula is C30H40N2O2. The first-order valence-electron chi connectivity index (χ1n) is 12.0. The lowest BCUT2D eigenvalue weighted by Gasteiger charge is -2.24. The van der Waals surface area contributed by atoms with Gasteiger partial charge in [0.15, 0.2) is 0 Å². The number of allylic oxidation sites excluding steroid dienone is 1. The lowest BCUT2D eigenvalue weighted by atomic mass is 9.86. The van der Waals surface area contributed by atoms with E-state index in [9.17, 15) is 4.79 Å². The summed E-state index contributed by atoms with van der Waals surface area (Å²) in [6.45, 7) is 16.0. The van der Waals surface area contributed by atoms with Crippen LogP contribution >= 0.6 is 0 Å². The van der Waals surface area contributed by atoms with Crippen LogP contribution in [0.4, 0.5) is 4.79 Å². The third-order valence-electron chi connectivity index (χ3n) is 5.41. The average Bonchev–Trinajstić information content (AvgIpc) is 2.80. The summed E-state index contributed by atoms with van der Waals surface area (Å²) in [4.78, 5) is 14.6. The molecule has 0 aliphatic carbocycles. The highest BCUT2D eigenvalue weighted by atomic mass is 16.5. The Bertz CT molecular complexity index is 992. The number of ether oxygens (including phenoxy) is 1. The Morgan fingerprint density at radius 3 is 2.41 bits per heavy atom. The molecule has 1 amide bonds. The highest BCUT2D eigenvalue weighted by Crippen LogP contribution is 2.23. The first-order chi connectivity index (χ1) is 16.1. The molecule has 0 unspecified atom stereocenters. The largest absolute Gasteiger partial charge is 0.449 e. The number of benzene rings is 2. The van der Waals surface area contributed by atoms with E-state index in [1.165, 1.54) is 5.56 Å². The van der Waals surface area contributed by atoms with Crippen LogP contribution in [0.3, 0.4) is 0 Å². The van der Waals surface area contributed by atoms with Gasteiger partial charge in [-0.2, -0.15) is 0 Å². The minimum atomic E-state index is -0.397. The van der Waals surface area contributed by atoms with Gasteiger partial charge in [-0.05, 0) is 50.1 Å². The molecular weight excluding hydrogens is 420 g/mol. The van der Waals surface area contributed by atoms with Crippen LogP contribution in [0, 0.1) is 17.3 Å². The third kappa shape index (κ3) is 10.3. The van der Waals surface area contributed by atoms with Gasteiger partial charge in [-0.25, -0.2) is 4.79 Å². The number of hydrogen-bond donors (Lipinski definition) is 1. The van der Waals surface area contributed by atoms with Crippen LogP contribution in [0.25, 0.3) is 0 Å². The standard InChI is InChI=1S/C30H40N2O2/c1-7-32(20-13-9-12-19-29(2,3)4)23-26-16-14-15-25(21-26)22-31-28(33)34-24-30(5,6)27-17-10-8-11-18-27/h8-11,13-18,21H,7,20,22-24H2,1-6H3,(H,31,33)/b13-9+. The minimum absolute atomic E-state index is 0.0216. The second kappa shape index (κ2) is 13.0. The van der Waals surface area contributed by atoms with Crippen molar-refractivity contribution in [1.82, 2.24) is 10.2 Å². The van der Waals surface area contributed by atoms with Crippen LogP contribution in [-0.4, -0.2) is 30.7 Å². The maximum Gasteiger partial charge on any atom is 0.407 e. The van der Waals surface area contributed by atoms with Gasteiger partial charge in [-0.15, -0.1) is 0 Å². The fraction of sp³-hybridized carbons (Fsp3) is 0.433. The summed E-state index contributed by atoms with van der Waals surface area (Å²) in [5.41, 5.74) is 3.20. The van der Waals surface area contributed by atoms with Gasteiger partial charge < -0.3 is 10.1 Å². The van der Waals surface area contributed by atoms with Crippen molar-refractivity contribution in [2.75, 3.05) is 19.7 Å². The zero-order valence-corrected chi connectivity index (χ0v) is 21.7. The fourth-order valence-electron chi connectivity index (χ4n) is 3.36. The van der Waals surface area contributed by atoms with E-state index >= 15 is 0 Å². The van der Waals surface area contributed by atoms with Crippen LogP contribution in [0.15, 0.2) is 66.7 Å². The van der Waals surface area contributed by atoms with E-state index < -0.39 is 6.09 Å². The minimum Gasteiger partial charge on any atom is -0.449 e. The topological polar surface area (TPSA) is 41.6 Å². The summed E-state index contributed by atoms with van der Waals surface area (Å²) in [5.74, 6) is 6.34. The van der Waals surface area contributed by atoms with Crippen molar-refractivity contribution in [3.8, 4) is 11.8 Å². The summed E-state index contributed by atoms with van der Waals surface area (Å²) in [6.07, 6.45) is 3.66. The van der Waals surface area contributed by atoms with E-state index in [2.05, 4.69) is 93.9 Å². The summed E-state index contributed by atoms with van der Waals surface area (Å²) in [6, 6.07) is 18.4. The molecule has 2 rings (SSSR count). The SMILES string of the molecule is CCN(C/C=C/C#CC(C)(C)C)Cc1cccc(CNC(=O)OCC(C)(C)c2ccccc2)c1. The highest BCUT2D eigenvalue weighted by Gasteiger charge is 2.22. The van der Waals surface area contributed by atoms with Crippen LogP contribution in [0.1, 0.15) is 58.2 Å². The first-order valence-corrected chi connectivity index (χ1v) is 12.0. The molecule has 0 bridgehead atoms. The number of alkyl carbamates (subject to hydrolysis) is 1. The molecule has 0 radical (unpaired) electrons.